The van der Waals surface area contributed by atoms with Crippen molar-refractivity contribution in [1.82, 2.24) is 19.7 Å². The summed E-state index contributed by atoms with van der Waals surface area (Å²) < 4.78 is 2.95. The van der Waals surface area contributed by atoms with Crippen molar-refractivity contribution in [3.63, 3.8) is 0 Å². The Morgan fingerprint density at radius 2 is 2.03 bits per heavy atom. The van der Waals surface area contributed by atoms with Gasteiger partial charge in [0.1, 0.15) is 0 Å². The van der Waals surface area contributed by atoms with Gasteiger partial charge in [-0.25, -0.2) is 4.98 Å². The van der Waals surface area contributed by atoms with E-state index in [1.54, 1.807) is 11.1 Å². The van der Waals surface area contributed by atoms with Crippen LogP contribution in [0.15, 0.2) is 48.7 Å². The Morgan fingerprint density at radius 1 is 1.20 bits per heavy atom. The summed E-state index contributed by atoms with van der Waals surface area (Å²) in [5.41, 5.74) is 4.34. The van der Waals surface area contributed by atoms with E-state index in [1.165, 1.54) is 16.9 Å². The van der Waals surface area contributed by atoms with E-state index in [-0.39, 0.29) is 11.9 Å². The number of fused-ring (bicyclic) bond motifs is 1. The van der Waals surface area contributed by atoms with Crippen LogP contribution >= 0.6 is 11.3 Å². The van der Waals surface area contributed by atoms with Crippen LogP contribution in [-0.2, 0) is 13.0 Å². The number of anilines is 1. The van der Waals surface area contributed by atoms with E-state index in [0.29, 0.717) is 17.4 Å². The van der Waals surface area contributed by atoms with Gasteiger partial charge in [0.05, 0.1) is 22.5 Å². The van der Waals surface area contributed by atoms with Gasteiger partial charge in [-0.3, -0.25) is 19.4 Å². The zero-order chi connectivity index (χ0) is 21.3. The molecule has 0 aliphatic carbocycles. The number of aryl methyl sites for hydroxylation is 2. The van der Waals surface area contributed by atoms with Crippen LogP contribution < -0.4 is 4.90 Å². The number of hydrogen-bond donors (Lipinski definition) is 0. The van der Waals surface area contributed by atoms with Gasteiger partial charge in [0.2, 0.25) is 0 Å². The molecule has 0 atom stereocenters. The maximum absolute atomic E-state index is 13.5. The number of nitrogens with zero attached hydrogens (tertiary/aromatic N) is 5. The smallest absolute Gasteiger partial charge is 0.276 e. The summed E-state index contributed by atoms with van der Waals surface area (Å²) in [6, 6.07) is 14.0. The van der Waals surface area contributed by atoms with Crippen molar-refractivity contribution in [3.8, 4) is 0 Å². The molecule has 0 spiro atoms. The first kappa shape index (κ1) is 20.2. The third-order valence-electron chi connectivity index (χ3n) is 5.00. The van der Waals surface area contributed by atoms with Gasteiger partial charge in [-0.05, 0) is 63.1 Å². The lowest BCUT2D eigenvalue weighted by atomic mass is 10.2. The Bertz CT molecular complexity index is 1180. The van der Waals surface area contributed by atoms with E-state index in [1.807, 2.05) is 41.9 Å². The van der Waals surface area contributed by atoms with Crippen LogP contribution in [0.25, 0.3) is 10.2 Å². The van der Waals surface area contributed by atoms with Crippen molar-refractivity contribution in [2.45, 2.75) is 46.7 Å². The first-order valence-electron chi connectivity index (χ1n) is 10.1. The highest BCUT2D eigenvalue weighted by atomic mass is 32.1. The molecule has 1 aromatic carbocycles. The molecule has 0 radical (unpaired) electrons. The number of benzene rings is 1. The summed E-state index contributed by atoms with van der Waals surface area (Å²) in [4.78, 5) is 24.4. The second kappa shape index (κ2) is 8.36. The second-order valence-corrected chi connectivity index (χ2v) is 8.58. The quantitative estimate of drug-likeness (QED) is 0.432. The molecule has 1 amide bonds. The minimum atomic E-state index is -0.169. The second-order valence-electron chi connectivity index (χ2n) is 7.57. The molecule has 0 saturated heterocycles. The number of rotatable bonds is 6. The molecule has 4 aromatic rings. The fraction of sp³-hybridized carbons (Fsp3) is 0.304. The molecule has 3 aromatic heterocycles. The van der Waals surface area contributed by atoms with E-state index in [2.05, 4.69) is 43.0 Å². The molecule has 30 heavy (non-hydrogen) atoms. The van der Waals surface area contributed by atoms with E-state index in [0.717, 1.165) is 28.0 Å². The maximum atomic E-state index is 13.5. The van der Waals surface area contributed by atoms with Crippen molar-refractivity contribution in [1.29, 1.82) is 0 Å². The topological polar surface area (TPSA) is 63.9 Å². The molecular formula is C23H25N5OS. The van der Waals surface area contributed by atoms with Gasteiger partial charge in [0.25, 0.3) is 5.91 Å². The van der Waals surface area contributed by atoms with Gasteiger partial charge in [0, 0.05) is 17.9 Å². The fourth-order valence-electron chi connectivity index (χ4n) is 3.43. The van der Waals surface area contributed by atoms with Crippen LogP contribution in [0, 0.1) is 6.92 Å². The molecule has 0 saturated carbocycles. The van der Waals surface area contributed by atoms with Crippen LogP contribution in [0.5, 0.6) is 0 Å². The molecule has 3 heterocycles. The zero-order valence-corrected chi connectivity index (χ0v) is 18.5. The molecule has 0 unspecified atom stereocenters. The zero-order valence-electron chi connectivity index (χ0n) is 17.7. The molecular weight excluding hydrogens is 394 g/mol. The molecule has 4 rings (SSSR count). The van der Waals surface area contributed by atoms with Gasteiger partial charge in [-0.2, -0.15) is 5.10 Å². The highest BCUT2D eigenvalue weighted by molar-refractivity contribution is 7.22. The van der Waals surface area contributed by atoms with Crippen molar-refractivity contribution >= 4 is 32.6 Å². The number of amides is 1. The normalized spacial score (nSPS) is 11.4. The van der Waals surface area contributed by atoms with E-state index >= 15 is 0 Å². The highest BCUT2D eigenvalue weighted by Crippen LogP contribution is 2.31. The van der Waals surface area contributed by atoms with Crippen molar-refractivity contribution in [2.75, 3.05) is 4.90 Å². The monoisotopic (exact) mass is 419 g/mol. The van der Waals surface area contributed by atoms with Crippen molar-refractivity contribution in [3.05, 3.63) is 71.3 Å². The highest BCUT2D eigenvalue weighted by Gasteiger charge is 2.25. The number of thiazole rings is 1. The Morgan fingerprint density at radius 3 is 2.70 bits per heavy atom. The SMILES string of the molecule is CCc1ccc2nc(N(Cc3ccccn3)C(=O)c3cc(C)n(C(C)C)n3)sc2c1. The summed E-state index contributed by atoms with van der Waals surface area (Å²) in [7, 11) is 0. The Kier molecular flexibility index (Phi) is 5.63. The summed E-state index contributed by atoms with van der Waals surface area (Å²) in [5.74, 6) is -0.169. The number of aromatic nitrogens is 4. The number of hydrogen-bond acceptors (Lipinski definition) is 5. The molecule has 0 fully saturated rings. The minimum Gasteiger partial charge on any atom is -0.276 e. The van der Waals surface area contributed by atoms with Crippen LogP contribution in [0.4, 0.5) is 5.13 Å². The summed E-state index contributed by atoms with van der Waals surface area (Å²) in [6.07, 6.45) is 2.70. The largest absolute Gasteiger partial charge is 0.280 e. The molecule has 0 bridgehead atoms. The van der Waals surface area contributed by atoms with Gasteiger partial charge in [-0.15, -0.1) is 0 Å². The van der Waals surface area contributed by atoms with Gasteiger partial charge in [0.15, 0.2) is 10.8 Å². The average molecular weight is 420 g/mol. The first-order valence-corrected chi connectivity index (χ1v) is 10.9. The summed E-state index contributed by atoms with van der Waals surface area (Å²) in [6.45, 7) is 8.55. The van der Waals surface area contributed by atoms with Gasteiger partial charge in [-0.1, -0.05) is 30.4 Å². The van der Waals surface area contributed by atoms with Crippen molar-refractivity contribution < 1.29 is 4.79 Å². The summed E-state index contributed by atoms with van der Waals surface area (Å²) in [5, 5.41) is 5.22. The maximum Gasteiger partial charge on any atom is 0.280 e. The fourth-order valence-corrected chi connectivity index (χ4v) is 4.45. The van der Waals surface area contributed by atoms with E-state index in [9.17, 15) is 4.79 Å². The van der Waals surface area contributed by atoms with Crippen LogP contribution in [0.1, 0.15) is 54.3 Å². The van der Waals surface area contributed by atoms with Crippen LogP contribution in [-0.4, -0.2) is 25.7 Å². The number of carbonyl (C=O) groups excluding carboxylic acids is 1. The van der Waals surface area contributed by atoms with Crippen molar-refractivity contribution in [2.24, 2.45) is 0 Å². The van der Waals surface area contributed by atoms with Gasteiger partial charge < -0.3 is 0 Å². The molecule has 6 nitrogen and oxygen atoms in total. The van der Waals surface area contributed by atoms with E-state index in [4.69, 9.17) is 4.98 Å². The lowest BCUT2D eigenvalue weighted by Crippen LogP contribution is -2.31. The Labute approximate surface area is 180 Å². The number of carbonyl (C=O) groups is 1. The number of pyridine rings is 1. The third kappa shape index (κ3) is 3.98. The molecule has 0 aliphatic heterocycles. The predicted octanol–water partition coefficient (Wildman–Crippen LogP) is 5.19. The van der Waals surface area contributed by atoms with Gasteiger partial charge >= 0.3 is 0 Å². The predicted molar refractivity (Wildman–Crippen MR) is 121 cm³/mol. The molecule has 0 N–H and O–H groups in total. The average Bonchev–Trinajstić information content (AvgIpc) is 3.35. The van der Waals surface area contributed by atoms with Crippen LogP contribution in [0.3, 0.4) is 0 Å². The minimum absolute atomic E-state index is 0.169. The van der Waals surface area contributed by atoms with Crippen LogP contribution in [0.2, 0.25) is 0 Å². The lowest BCUT2D eigenvalue weighted by molar-refractivity contribution is 0.0979. The standard InChI is InChI=1S/C23H25N5OS/c1-5-17-9-10-19-21(13-17)30-23(25-19)27(14-18-8-6-7-11-24-18)22(29)20-12-16(4)28(26-20)15(2)3/h6-13,15H,5,14H2,1-4H3. The lowest BCUT2D eigenvalue weighted by Gasteiger charge is -2.18. The molecule has 7 heteroatoms. The summed E-state index contributed by atoms with van der Waals surface area (Å²) >= 11 is 1.53. The van der Waals surface area contributed by atoms with E-state index < -0.39 is 0 Å². The third-order valence-corrected chi connectivity index (χ3v) is 6.04. The first-order chi connectivity index (χ1) is 14.5. The Balaban J connectivity index is 1.76. The molecule has 154 valence electrons. The molecule has 0 aliphatic rings. The Hall–Kier alpha value is -3.06.